The third-order valence-electron chi connectivity index (χ3n) is 3.68. The molecule has 1 aliphatic rings. The average molecular weight is 551 g/mol. The van der Waals surface area contributed by atoms with Gasteiger partial charge in [-0.2, -0.15) is 0 Å². The fraction of sp³-hybridized carbons (Fsp3) is 0.667. The van der Waals surface area contributed by atoms with Gasteiger partial charge in [0, 0.05) is 56.5 Å². The topological polar surface area (TPSA) is 114 Å². The van der Waals surface area contributed by atoms with Crippen molar-refractivity contribution < 1.29 is 67.6 Å². The predicted octanol–water partition coefficient (Wildman–Crippen LogP) is 1.56. The van der Waals surface area contributed by atoms with Crippen LogP contribution in [-0.2, 0) is 25.5 Å². The zero-order valence-corrected chi connectivity index (χ0v) is 18.7. The Bertz CT molecular complexity index is 539. The maximum absolute atomic E-state index is 12.1. The number of aromatic nitrogens is 1. The molecule has 2 N–H and O–H groups in total. The second-order valence-electron chi connectivity index (χ2n) is 5.39. The largest absolute Gasteiger partial charge is 0.653 e. The standard InChI is InChI=1S/C15H22N3O5.Ac/c1-3-21-13(19)15(16,14(20)22-4-2)9-10-8-12(18-23-10)11-6-5-7-17-11;/h8,11,16-17H,3-7,9H2,1-2H3;/q-1;. The summed E-state index contributed by atoms with van der Waals surface area (Å²) >= 11 is 0. The summed E-state index contributed by atoms with van der Waals surface area (Å²) in [5.74, 6) is -1.62. The molecule has 1 radical (unpaired) electrons. The minimum absolute atomic E-state index is 0. The molecule has 1 unspecified atom stereocenters. The van der Waals surface area contributed by atoms with E-state index in [0.717, 1.165) is 19.4 Å². The molecule has 0 saturated carbocycles. The molecule has 8 nitrogen and oxygen atoms in total. The van der Waals surface area contributed by atoms with E-state index in [9.17, 15) is 9.59 Å². The van der Waals surface area contributed by atoms with Gasteiger partial charge in [0.25, 0.3) is 0 Å². The van der Waals surface area contributed by atoms with Crippen LogP contribution >= 0.6 is 0 Å². The van der Waals surface area contributed by atoms with Crippen molar-refractivity contribution in [1.29, 1.82) is 0 Å². The fourth-order valence-electron chi connectivity index (χ4n) is 2.51. The van der Waals surface area contributed by atoms with Crippen molar-refractivity contribution in [2.24, 2.45) is 0 Å². The number of carbonyl (C=O) groups excluding carboxylic acids is 2. The van der Waals surface area contributed by atoms with Crippen LogP contribution in [0.3, 0.4) is 0 Å². The van der Waals surface area contributed by atoms with E-state index in [2.05, 4.69) is 10.5 Å². The summed E-state index contributed by atoms with van der Waals surface area (Å²) < 4.78 is 14.9. The first-order valence-corrected chi connectivity index (χ1v) is 7.79. The molecule has 0 spiro atoms. The smallest absolute Gasteiger partial charge is 0.302 e. The zero-order chi connectivity index (χ0) is 16.9. The van der Waals surface area contributed by atoms with Crippen molar-refractivity contribution in [2.45, 2.75) is 44.7 Å². The molecule has 1 aromatic rings. The first kappa shape index (κ1) is 21.6. The van der Waals surface area contributed by atoms with Crippen molar-refractivity contribution in [3.63, 3.8) is 0 Å². The molecule has 0 amide bonds. The van der Waals surface area contributed by atoms with Gasteiger partial charge in [0.05, 0.1) is 24.8 Å². The van der Waals surface area contributed by atoms with Gasteiger partial charge in [-0.15, -0.1) is 0 Å². The summed E-state index contributed by atoms with van der Waals surface area (Å²) in [6.45, 7) is 4.30. The molecule has 1 atom stereocenters. The van der Waals surface area contributed by atoms with E-state index in [1.54, 1.807) is 19.9 Å². The Morgan fingerprint density at radius 1 is 1.38 bits per heavy atom. The molecule has 1 fully saturated rings. The number of nitrogens with one attached hydrogen (secondary N) is 2. The van der Waals surface area contributed by atoms with Crippen molar-refractivity contribution >= 4 is 11.9 Å². The van der Waals surface area contributed by atoms with E-state index in [1.807, 2.05) is 0 Å². The first-order valence-electron chi connectivity index (χ1n) is 7.79. The second-order valence-corrected chi connectivity index (χ2v) is 5.39. The maximum atomic E-state index is 12.1. The zero-order valence-electron chi connectivity index (χ0n) is 14.0. The fourth-order valence-corrected chi connectivity index (χ4v) is 2.51. The second kappa shape index (κ2) is 9.86. The van der Waals surface area contributed by atoms with E-state index in [0.29, 0.717) is 5.69 Å². The van der Waals surface area contributed by atoms with E-state index in [4.69, 9.17) is 19.7 Å². The molecule has 24 heavy (non-hydrogen) atoms. The Balaban J connectivity index is 0.00000288. The van der Waals surface area contributed by atoms with E-state index in [-0.39, 0.29) is 75.5 Å². The predicted molar refractivity (Wildman–Crippen MR) is 80.5 cm³/mol. The van der Waals surface area contributed by atoms with Crippen LogP contribution in [0.4, 0.5) is 0 Å². The molecule has 1 saturated heterocycles. The summed E-state index contributed by atoms with van der Waals surface area (Å²) in [7, 11) is 0. The van der Waals surface area contributed by atoms with Gasteiger partial charge in [-0.05, 0) is 33.2 Å². The Kier molecular flexibility index (Phi) is 8.85. The Hall–Kier alpha value is -0.488. The number of carbonyl (C=O) groups is 2. The van der Waals surface area contributed by atoms with Crippen LogP contribution in [0.1, 0.15) is 44.2 Å². The van der Waals surface area contributed by atoms with Gasteiger partial charge in [0.15, 0.2) is 0 Å². The Labute approximate surface area is 176 Å². The number of esters is 2. The van der Waals surface area contributed by atoms with Gasteiger partial charge in [-0.25, -0.2) is 0 Å². The molecule has 0 aromatic carbocycles. The minimum atomic E-state index is -2.19. The third-order valence-corrected chi connectivity index (χ3v) is 3.68. The molecule has 131 valence electrons. The Morgan fingerprint density at radius 2 is 2.00 bits per heavy atom. The monoisotopic (exact) mass is 551 g/mol. The summed E-state index contributed by atoms with van der Waals surface area (Å²) in [6, 6.07) is 1.78. The molecule has 1 aromatic heterocycles. The SMILES string of the molecule is CCOC(=O)C([NH-])(Cc1cc(C2CCCN2)no1)C(=O)OCC.[Ac]. The molecule has 0 aliphatic carbocycles. The van der Waals surface area contributed by atoms with Crippen LogP contribution in [0.25, 0.3) is 5.73 Å². The first-order chi connectivity index (χ1) is 11.0. The average Bonchev–Trinajstić information content (AvgIpc) is 3.18. The van der Waals surface area contributed by atoms with Crippen LogP contribution in [0.5, 0.6) is 0 Å². The Morgan fingerprint density at radius 3 is 2.50 bits per heavy atom. The van der Waals surface area contributed by atoms with Crippen molar-refractivity contribution in [3.8, 4) is 0 Å². The minimum Gasteiger partial charge on any atom is -0.653 e. The van der Waals surface area contributed by atoms with Crippen LogP contribution in [0.15, 0.2) is 10.6 Å². The number of ether oxygens (including phenoxy) is 2. The van der Waals surface area contributed by atoms with Crippen LogP contribution in [-0.4, -0.2) is 42.4 Å². The summed E-state index contributed by atoms with van der Waals surface area (Å²) in [4.78, 5) is 24.1. The van der Waals surface area contributed by atoms with E-state index < -0.39 is 17.5 Å². The molecular weight excluding hydrogens is 529 g/mol. The third kappa shape index (κ3) is 5.01. The molecule has 0 bridgehead atoms. The number of hydrogen-bond donors (Lipinski definition) is 1. The van der Waals surface area contributed by atoms with Crippen molar-refractivity contribution in [3.05, 3.63) is 23.3 Å². The van der Waals surface area contributed by atoms with Gasteiger partial charge in [0.2, 0.25) is 0 Å². The van der Waals surface area contributed by atoms with Gasteiger partial charge in [0.1, 0.15) is 11.5 Å². The molecule has 2 rings (SSSR count). The van der Waals surface area contributed by atoms with Crippen LogP contribution in [0, 0.1) is 44.1 Å². The molecule has 2 heterocycles. The molecular formula is C15H22AcN3O5-. The maximum Gasteiger partial charge on any atom is 0.302 e. The molecule has 9 heteroatoms. The summed E-state index contributed by atoms with van der Waals surface area (Å²) in [5, 5.41) is 7.25. The van der Waals surface area contributed by atoms with Gasteiger partial charge in [-0.3, -0.25) is 9.59 Å². The number of hydrogen-bond acceptors (Lipinski definition) is 7. The van der Waals surface area contributed by atoms with E-state index in [1.165, 1.54) is 0 Å². The van der Waals surface area contributed by atoms with Gasteiger partial charge in [-0.1, -0.05) is 5.16 Å². The summed E-state index contributed by atoms with van der Waals surface area (Å²) in [6.07, 6.45) is 1.74. The van der Waals surface area contributed by atoms with Crippen molar-refractivity contribution in [1.82, 2.24) is 10.5 Å². The normalized spacial score (nSPS) is 17.2. The number of nitrogens with zero attached hydrogens (tertiary/aromatic N) is 1. The van der Waals surface area contributed by atoms with Crippen LogP contribution in [0.2, 0.25) is 0 Å². The quantitative estimate of drug-likeness (QED) is 0.404. The van der Waals surface area contributed by atoms with Gasteiger partial charge < -0.3 is 25.0 Å². The van der Waals surface area contributed by atoms with Crippen molar-refractivity contribution in [2.75, 3.05) is 19.8 Å². The number of rotatable bonds is 7. The van der Waals surface area contributed by atoms with Gasteiger partial charge >= 0.3 is 11.9 Å². The van der Waals surface area contributed by atoms with Crippen LogP contribution < -0.4 is 5.32 Å². The molecule has 1 aliphatic heterocycles. The van der Waals surface area contributed by atoms with E-state index >= 15 is 0 Å². The summed E-state index contributed by atoms with van der Waals surface area (Å²) in [5.41, 5.74) is 6.77.